The first-order valence-electron chi connectivity index (χ1n) is 4.17. The second kappa shape index (κ2) is 3.92. The van der Waals surface area contributed by atoms with Crippen molar-refractivity contribution in [3.63, 3.8) is 0 Å². The van der Waals surface area contributed by atoms with Crippen molar-refractivity contribution in [3.05, 3.63) is 29.3 Å². The highest BCUT2D eigenvalue weighted by Gasteiger charge is 2.33. The van der Waals surface area contributed by atoms with Gasteiger partial charge in [-0.1, -0.05) is 6.07 Å². The number of alkyl halides is 3. The highest BCUT2D eigenvalue weighted by molar-refractivity contribution is 5.70. The molecule has 2 nitrogen and oxygen atoms in total. The van der Waals surface area contributed by atoms with Gasteiger partial charge in [-0.3, -0.25) is 4.79 Å². The van der Waals surface area contributed by atoms with Crippen molar-refractivity contribution >= 4 is 5.97 Å². The highest BCUT2D eigenvalue weighted by atomic mass is 19.4. The number of carbonyl (C=O) groups is 1. The Kier molecular flexibility index (Phi) is 3.02. The van der Waals surface area contributed by atoms with Crippen LogP contribution in [0.4, 0.5) is 13.2 Å². The minimum Gasteiger partial charge on any atom is -0.426 e. The number of halogens is 3. The Balaban J connectivity index is 3.17. The number of benzene rings is 1. The maximum Gasteiger partial charge on any atom is 0.416 e. The molecule has 0 aliphatic carbocycles. The van der Waals surface area contributed by atoms with Gasteiger partial charge in [-0.25, -0.2) is 0 Å². The smallest absolute Gasteiger partial charge is 0.416 e. The van der Waals surface area contributed by atoms with Crippen LogP contribution >= 0.6 is 0 Å². The van der Waals surface area contributed by atoms with Gasteiger partial charge in [-0.2, -0.15) is 13.2 Å². The lowest BCUT2D eigenvalue weighted by Crippen LogP contribution is -2.10. The van der Waals surface area contributed by atoms with Gasteiger partial charge >= 0.3 is 12.1 Å². The Morgan fingerprint density at radius 1 is 1.33 bits per heavy atom. The van der Waals surface area contributed by atoms with E-state index >= 15 is 0 Å². The molecule has 5 heteroatoms. The molecule has 0 heterocycles. The minimum atomic E-state index is -4.43. The molecule has 0 aliphatic heterocycles. The van der Waals surface area contributed by atoms with Crippen LogP contribution in [0.3, 0.4) is 0 Å². The standard InChI is InChI=1S/C10H9F3O2/c1-6-8(10(11,12)13)4-3-5-9(6)15-7(2)14/h3-5H,1-2H3. The van der Waals surface area contributed by atoms with Crippen molar-refractivity contribution in [2.75, 3.05) is 0 Å². The van der Waals surface area contributed by atoms with Crippen molar-refractivity contribution in [1.82, 2.24) is 0 Å². The maximum atomic E-state index is 12.4. The molecule has 0 spiro atoms. The molecule has 0 atom stereocenters. The fraction of sp³-hybridized carbons (Fsp3) is 0.300. The molecule has 0 saturated carbocycles. The lowest BCUT2D eigenvalue weighted by Gasteiger charge is -2.12. The normalized spacial score (nSPS) is 11.3. The second-order valence-corrected chi connectivity index (χ2v) is 3.02. The number of rotatable bonds is 1. The first kappa shape index (κ1) is 11.6. The van der Waals surface area contributed by atoms with Crippen molar-refractivity contribution in [2.45, 2.75) is 20.0 Å². The van der Waals surface area contributed by atoms with Crippen LogP contribution in [0.1, 0.15) is 18.1 Å². The molecule has 1 aromatic rings. The van der Waals surface area contributed by atoms with E-state index in [0.717, 1.165) is 13.0 Å². The van der Waals surface area contributed by atoms with Gasteiger partial charge in [0, 0.05) is 12.5 Å². The molecule has 15 heavy (non-hydrogen) atoms. The van der Waals surface area contributed by atoms with E-state index in [4.69, 9.17) is 0 Å². The van der Waals surface area contributed by atoms with Crippen molar-refractivity contribution in [1.29, 1.82) is 0 Å². The zero-order valence-electron chi connectivity index (χ0n) is 8.18. The third-order valence-electron chi connectivity index (χ3n) is 1.84. The van der Waals surface area contributed by atoms with E-state index in [2.05, 4.69) is 4.74 Å². The number of hydrogen-bond acceptors (Lipinski definition) is 2. The Morgan fingerprint density at radius 2 is 1.93 bits per heavy atom. The minimum absolute atomic E-state index is 0.0580. The van der Waals surface area contributed by atoms with E-state index in [9.17, 15) is 18.0 Å². The number of ether oxygens (including phenoxy) is 1. The van der Waals surface area contributed by atoms with Gasteiger partial charge in [0.2, 0.25) is 0 Å². The quantitative estimate of drug-likeness (QED) is 0.535. The van der Waals surface area contributed by atoms with Crippen LogP contribution in [0.5, 0.6) is 5.75 Å². The van der Waals surface area contributed by atoms with Gasteiger partial charge in [0.15, 0.2) is 0 Å². The van der Waals surface area contributed by atoms with E-state index in [1.54, 1.807) is 0 Å². The van der Waals surface area contributed by atoms with Gasteiger partial charge in [-0.05, 0) is 19.1 Å². The van der Waals surface area contributed by atoms with Gasteiger partial charge in [-0.15, -0.1) is 0 Å². The predicted molar refractivity (Wildman–Crippen MR) is 47.5 cm³/mol. The van der Waals surface area contributed by atoms with Crippen LogP contribution in [0.15, 0.2) is 18.2 Å². The Morgan fingerprint density at radius 3 is 2.40 bits per heavy atom. The molecule has 0 amide bonds. The van der Waals surface area contributed by atoms with Crippen molar-refractivity contribution in [2.24, 2.45) is 0 Å². The molecule has 0 radical (unpaired) electrons. The molecule has 0 fully saturated rings. The summed E-state index contributed by atoms with van der Waals surface area (Å²) in [5.41, 5.74) is -0.874. The molecule has 0 unspecified atom stereocenters. The second-order valence-electron chi connectivity index (χ2n) is 3.02. The first-order valence-corrected chi connectivity index (χ1v) is 4.17. The van der Waals surface area contributed by atoms with Crippen molar-refractivity contribution in [3.8, 4) is 5.75 Å². The summed E-state index contributed by atoms with van der Waals surface area (Å²) in [5.74, 6) is -0.699. The monoisotopic (exact) mass is 218 g/mol. The van der Waals surface area contributed by atoms with Crippen LogP contribution in [0.2, 0.25) is 0 Å². The largest absolute Gasteiger partial charge is 0.426 e. The fourth-order valence-corrected chi connectivity index (χ4v) is 1.19. The van der Waals surface area contributed by atoms with Crippen LogP contribution < -0.4 is 4.74 Å². The Hall–Kier alpha value is -1.52. The van der Waals surface area contributed by atoms with Gasteiger partial charge in [0.05, 0.1) is 5.56 Å². The Labute approximate surface area is 84.7 Å². The summed E-state index contributed by atoms with van der Waals surface area (Å²) in [6.07, 6.45) is -4.43. The average Bonchev–Trinajstić information content (AvgIpc) is 2.05. The van der Waals surface area contributed by atoms with Crippen LogP contribution in [0.25, 0.3) is 0 Å². The predicted octanol–water partition coefficient (Wildman–Crippen LogP) is 2.94. The van der Waals surface area contributed by atoms with E-state index in [0.29, 0.717) is 0 Å². The molecule has 0 N–H and O–H groups in total. The maximum absolute atomic E-state index is 12.4. The summed E-state index contributed by atoms with van der Waals surface area (Å²) in [6.45, 7) is 2.40. The van der Waals surface area contributed by atoms with E-state index in [1.807, 2.05) is 0 Å². The highest BCUT2D eigenvalue weighted by Crippen LogP contribution is 2.35. The molecular weight excluding hydrogens is 209 g/mol. The lowest BCUT2D eigenvalue weighted by molar-refractivity contribution is -0.139. The molecular formula is C10H9F3O2. The molecule has 1 aromatic carbocycles. The first-order chi connectivity index (χ1) is 6.82. The zero-order chi connectivity index (χ0) is 11.6. The van der Waals surface area contributed by atoms with E-state index in [1.165, 1.54) is 19.1 Å². The van der Waals surface area contributed by atoms with Crippen LogP contribution in [0, 0.1) is 6.92 Å². The van der Waals surface area contributed by atoms with Crippen molar-refractivity contribution < 1.29 is 22.7 Å². The van der Waals surface area contributed by atoms with E-state index < -0.39 is 17.7 Å². The third-order valence-corrected chi connectivity index (χ3v) is 1.84. The van der Waals surface area contributed by atoms with Crippen LogP contribution in [-0.4, -0.2) is 5.97 Å². The molecule has 0 saturated heterocycles. The topological polar surface area (TPSA) is 26.3 Å². The zero-order valence-corrected chi connectivity index (χ0v) is 8.18. The van der Waals surface area contributed by atoms with E-state index in [-0.39, 0.29) is 11.3 Å². The van der Waals surface area contributed by atoms with Crippen LogP contribution in [-0.2, 0) is 11.0 Å². The number of esters is 1. The fourth-order valence-electron chi connectivity index (χ4n) is 1.19. The molecule has 0 aliphatic rings. The summed E-state index contributed by atoms with van der Waals surface area (Å²) in [6, 6.07) is 3.47. The van der Waals surface area contributed by atoms with Gasteiger partial charge in [0.1, 0.15) is 5.75 Å². The SMILES string of the molecule is CC(=O)Oc1cccc(C(F)(F)F)c1C. The summed E-state index contributed by atoms with van der Waals surface area (Å²) >= 11 is 0. The van der Waals surface area contributed by atoms with Gasteiger partial charge in [0.25, 0.3) is 0 Å². The molecule has 82 valence electrons. The number of carbonyl (C=O) groups excluding carboxylic acids is 1. The summed E-state index contributed by atoms with van der Waals surface area (Å²) in [5, 5.41) is 0. The summed E-state index contributed by atoms with van der Waals surface area (Å²) in [7, 11) is 0. The number of hydrogen-bond donors (Lipinski definition) is 0. The molecule has 0 bridgehead atoms. The Bertz CT molecular complexity index is 383. The summed E-state index contributed by atoms with van der Waals surface area (Å²) in [4.78, 5) is 10.6. The molecule has 1 rings (SSSR count). The molecule has 0 aromatic heterocycles. The lowest BCUT2D eigenvalue weighted by atomic mass is 10.1. The third kappa shape index (κ3) is 2.71. The summed E-state index contributed by atoms with van der Waals surface area (Å²) < 4.78 is 41.9. The van der Waals surface area contributed by atoms with Gasteiger partial charge < -0.3 is 4.74 Å². The average molecular weight is 218 g/mol.